The van der Waals surface area contributed by atoms with E-state index in [0.29, 0.717) is 11.1 Å². The maximum absolute atomic E-state index is 12.5. The Bertz CT molecular complexity index is 532. The summed E-state index contributed by atoms with van der Waals surface area (Å²) in [6.07, 6.45) is 7.28. The third-order valence-electron chi connectivity index (χ3n) is 4.92. The van der Waals surface area contributed by atoms with Gasteiger partial charge in [-0.3, -0.25) is 4.79 Å². The lowest BCUT2D eigenvalue weighted by Crippen LogP contribution is -2.53. The fraction of sp³-hybridized carbons (Fsp3) is 0.588. The summed E-state index contributed by atoms with van der Waals surface area (Å²) >= 11 is 6.01. The van der Waals surface area contributed by atoms with Crippen LogP contribution in [0.1, 0.15) is 44.1 Å². The third-order valence-corrected chi connectivity index (χ3v) is 5.16. The predicted octanol–water partition coefficient (Wildman–Crippen LogP) is 3.90. The Hall–Kier alpha value is -1.06. The number of piperidine rings is 1. The molecule has 0 radical (unpaired) electrons. The maximum atomic E-state index is 12.5. The smallest absolute Gasteiger partial charge is 0.241 e. The zero-order valence-electron chi connectivity index (χ0n) is 12.5. The average Bonchev–Trinajstić information content (AvgIpc) is 2.50. The first-order valence-corrected chi connectivity index (χ1v) is 8.34. The Morgan fingerprint density at radius 3 is 2.90 bits per heavy atom. The van der Waals surface area contributed by atoms with Crippen molar-refractivity contribution in [2.75, 3.05) is 5.32 Å². The molecule has 0 spiro atoms. The fourth-order valence-electron chi connectivity index (χ4n) is 3.65. The molecule has 3 nitrogen and oxygen atoms in total. The van der Waals surface area contributed by atoms with Crippen molar-refractivity contribution in [1.82, 2.24) is 5.32 Å². The zero-order chi connectivity index (χ0) is 14.8. The number of carbonyl (C=O) groups is 1. The van der Waals surface area contributed by atoms with Gasteiger partial charge in [-0.2, -0.15) is 0 Å². The number of halogens is 1. The second kappa shape index (κ2) is 6.37. The minimum absolute atomic E-state index is 0.0669. The number of hydrogen-bond donors (Lipinski definition) is 2. The minimum atomic E-state index is -0.0669. The van der Waals surface area contributed by atoms with E-state index in [9.17, 15) is 4.79 Å². The largest absolute Gasteiger partial charge is 0.324 e. The Morgan fingerprint density at radius 2 is 2.05 bits per heavy atom. The van der Waals surface area contributed by atoms with E-state index < -0.39 is 0 Å². The number of amides is 1. The summed E-state index contributed by atoms with van der Waals surface area (Å²) < 4.78 is 0. The molecule has 1 saturated heterocycles. The van der Waals surface area contributed by atoms with Gasteiger partial charge in [0.25, 0.3) is 0 Å². The molecule has 2 fully saturated rings. The molecule has 114 valence electrons. The Labute approximate surface area is 131 Å². The van der Waals surface area contributed by atoms with Crippen LogP contribution in [0.3, 0.4) is 0 Å². The van der Waals surface area contributed by atoms with Crippen LogP contribution in [-0.2, 0) is 4.79 Å². The molecular formula is C17H23ClN2O. The quantitative estimate of drug-likeness (QED) is 0.870. The van der Waals surface area contributed by atoms with Gasteiger partial charge >= 0.3 is 0 Å². The number of hydrogen-bond acceptors (Lipinski definition) is 2. The van der Waals surface area contributed by atoms with Gasteiger partial charge in [0.15, 0.2) is 0 Å². The highest BCUT2D eigenvalue weighted by Gasteiger charge is 2.34. The van der Waals surface area contributed by atoms with Crippen molar-refractivity contribution >= 4 is 23.2 Å². The summed E-state index contributed by atoms with van der Waals surface area (Å²) in [5, 5.41) is 7.25. The summed E-state index contributed by atoms with van der Waals surface area (Å²) in [6, 6.07) is 6.06. The lowest BCUT2D eigenvalue weighted by molar-refractivity contribution is -0.119. The summed E-state index contributed by atoms with van der Waals surface area (Å²) in [6.45, 7) is 1.98. The van der Waals surface area contributed by atoms with Gasteiger partial charge in [-0.15, -0.1) is 0 Å². The summed E-state index contributed by atoms with van der Waals surface area (Å²) in [5.41, 5.74) is 1.86. The number of rotatable bonds is 2. The van der Waals surface area contributed by atoms with Crippen molar-refractivity contribution in [3.8, 4) is 0 Å². The number of aryl methyl sites for hydroxylation is 1. The second-order valence-corrected chi connectivity index (χ2v) is 6.83. The van der Waals surface area contributed by atoms with E-state index >= 15 is 0 Å². The van der Waals surface area contributed by atoms with Crippen LogP contribution in [0.25, 0.3) is 0 Å². The standard InChI is InChI=1S/C17H23ClN2O/c1-11-6-8-13(18)10-16(11)20-17(21)15-9-7-12-4-2-3-5-14(12)19-15/h6,8,10,12,14-15,19H,2-5,7,9H2,1H3,(H,20,21). The van der Waals surface area contributed by atoms with E-state index in [2.05, 4.69) is 10.6 Å². The first kappa shape index (κ1) is 14.9. The first-order valence-electron chi connectivity index (χ1n) is 7.96. The highest BCUT2D eigenvalue weighted by Crippen LogP contribution is 2.32. The number of benzene rings is 1. The Balaban J connectivity index is 1.64. The van der Waals surface area contributed by atoms with Crippen molar-refractivity contribution in [1.29, 1.82) is 0 Å². The van der Waals surface area contributed by atoms with Crippen molar-refractivity contribution < 1.29 is 4.79 Å². The van der Waals surface area contributed by atoms with Crippen LogP contribution < -0.4 is 10.6 Å². The van der Waals surface area contributed by atoms with Gasteiger partial charge < -0.3 is 10.6 Å². The molecule has 3 atom stereocenters. The molecular weight excluding hydrogens is 284 g/mol. The Morgan fingerprint density at radius 1 is 1.24 bits per heavy atom. The molecule has 0 aromatic heterocycles. The van der Waals surface area contributed by atoms with Crippen LogP contribution in [0.4, 0.5) is 5.69 Å². The maximum Gasteiger partial charge on any atom is 0.241 e. The van der Waals surface area contributed by atoms with E-state index in [1.807, 2.05) is 25.1 Å². The number of fused-ring (bicyclic) bond motifs is 1. The van der Waals surface area contributed by atoms with E-state index in [0.717, 1.165) is 23.6 Å². The average molecular weight is 307 g/mol. The minimum Gasteiger partial charge on any atom is -0.324 e. The van der Waals surface area contributed by atoms with Crippen LogP contribution in [0, 0.1) is 12.8 Å². The second-order valence-electron chi connectivity index (χ2n) is 6.40. The fourth-order valence-corrected chi connectivity index (χ4v) is 3.82. The van der Waals surface area contributed by atoms with Gasteiger partial charge in [0.05, 0.1) is 6.04 Å². The van der Waals surface area contributed by atoms with Crippen LogP contribution in [0.15, 0.2) is 18.2 Å². The summed E-state index contributed by atoms with van der Waals surface area (Å²) in [4.78, 5) is 12.5. The van der Waals surface area contributed by atoms with Crippen LogP contribution in [0.2, 0.25) is 5.02 Å². The van der Waals surface area contributed by atoms with Gasteiger partial charge in [-0.1, -0.05) is 30.5 Å². The molecule has 3 rings (SSSR count). The van der Waals surface area contributed by atoms with Crippen molar-refractivity contribution in [3.05, 3.63) is 28.8 Å². The lowest BCUT2D eigenvalue weighted by atomic mass is 9.77. The molecule has 1 aromatic carbocycles. The summed E-state index contributed by atoms with van der Waals surface area (Å²) in [5.74, 6) is 0.847. The molecule has 1 saturated carbocycles. The molecule has 3 unspecified atom stereocenters. The topological polar surface area (TPSA) is 41.1 Å². The van der Waals surface area contributed by atoms with Crippen molar-refractivity contribution in [3.63, 3.8) is 0 Å². The molecule has 1 aromatic rings. The zero-order valence-corrected chi connectivity index (χ0v) is 13.2. The van der Waals surface area contributed by atoms with E-state index in [4.69, 9.17) is 11.6 Å². The highest BCUT2D eigenvalue weighted by atomic mass is 35.5. The first-order chi connectivity index (χ1) is 10.1. The van der Waals surface area contributed by atoms with E-state index in [-0.39, 0.29) is 11.9 Å². The van der Waals surface area contributed by atoms with Gasteiger partial charge in [0, 0.05) is 16.8 Å². The molecule has 2 aliphatic rings. The Kier molecular flexibility index (Phi) is 4.51. The van der Waals surface area contributed by atoms with Crippen molar-refractivity contribution in [2.24, 2.45) is 5.92 Å². The van der Waals surface area contributed by atoms with E-state index in [1.54, 1.807) is 0 Å². The van der Waals surface area contributed by atoms with Gasteiger partial charge in [-0.25, -0.2) is 0 Å². The molecule has 1 aliphatic carbocycles. The molecule has 2 N–H and O–H groups in total. The third kappa shape index (κ3) is 3.41. The predicted molar refractivity (Wildman–Crippen MR) is 86.7 cm³/mol. The molecule has 1 aliphatic heterocycles. The highest BCUT2D eigenvalue weighted by molar-refractivity contribution is 6.31. The number of anilines is 1. The van der Waals surface area contributed by atoms with Crippen molar-refractivity contribution in [2.45, 2.75) is 57.5 Å². The monoisotopic (exact) mass is 306 g/mol. The van der Waals surface area contributed by atoms with Crippen LogP contribution in [-0.4, -0.2) is 18.0 Å². The molecule has 1 heterocycles. The number of nitrogens with one attached hydrogen (secondary N) is 2. The normalized spacial score (nSPS) is 28.8. The lowest BCUT2D eigenvalue weighted by Gasteiger charge is -2.39. The molecule has 4 heteroatoms. The van der Waals surface area contributed by atoms with Crippen LogP contribution >= 0.6 is 11.6 Å². The molecule has 1 amide bonds. The van der Waals surface area contributed by atoms with Gasteiger partial charge in [0.2, 0.25) is 5.91 Å². The van der Waals surface area contributed by atoms with Crippen LogP contribution in [0.5, 0.6) is 0 Å². The van der Waals surface area contributed by atoms with Gasteiger partial charge in [-0.05, 0) is 56.2 Å². The molecule has 0 bridgehead atoms. The van der Waals surface area contributed by atoms with E-state index in [1.165, 1.54) is 32.1 Å². The van der Waals surface area contributed by atoms with Gasteiger partial charge in [0.1, 0.15) is 0 Å². The SMILES string of the molecule is Cc1ccc(Cl)cc1NC(=O)C1CCC2CCCCC2N1. The summed E-state index contributed by atoms with van der Waals surface area (Å²) in [7, 11) is 0. The number of carbonyl (C=O) groups excluding carboxylic acids is 1. The molecule has 21 heavy (non-hydrogen) atoms.